The van der Waals surface area contributed by atoms with Gasteiger partial charge in [0.05, 0.1) is 10.6 Å². The van der Waals surface area contributed by atoms with E-state index in [1.807, 2.05) is 12.1 Å². The Bertz CT molecular complexity index is 711. The van der Waals surface area contributed by atoms with Crippen LogP contribution in [0, 0.1) is 0 Å². The molecule has 0 atom stereocenters. The van der Waals surface area contributed by atoms with Crippen molar-refractivity contribution in [3.8, 4) is 5.75 Å². The van der Waals surface area contributed by atoms with Crippen LogP contribution < -0.4 is 5.43 Å². The molecule has 1 aliphatic rings. The highest BCUT2D eigenvalue weighted by Gasteiger charge is 2.17. The van der Waals surface area contributed by atoms with Crippen LogP contribution in [0.5, 0.6) is 5.75 Å². The highest BCUT2D eigenvalue weighted by Crippen LogP contribution is 2.29. The highest BCUT2D eigenvalue weighted by atomic mass is 32.1. The number of aromatic hydroxyl groups is 1. The fourth-order valence-corrected chi connectivity index (χ4v) is 3.73. The molecule has 2 N–H and O–H groups in total. The first kappa shape index (κ1) is 14.8. The number of rotatable bonds is 3. The number of amides is 1. The Balaban J connectivity index is 1.71. The van der Waals surface area contributed by atoms with Crippen LogP contribution in [0.15, 0.2) is 35.4 Å². The number of carbonyl (C=O) groups is 1. The third kappa shape index (κ3) is 3.20. The van der Waals surface area contributed by atoms with Crippen LogP contribution in [0.25, 0.3) is 0 Å². The SMILES string of the molecule is C/C(=N/NC(=O)c1cc2c(s1)CCCC2)c1cccc(O)c1. The maximum Gasteiger partial charge on any atom is 0.281 e. The van der Waals surface area contributed by atoms with Crippen molar-refractivity contribution < 1.29 is 9.90 Å². The summed E-state index contributed by atoms with van der Waals surface area (Å²) < 4.78 is 0. The zero-order valence-corrected chi connectivity index (χ0v) is 13.2. The van der Waals surface area contributed by atoms with Crippen LogP contribution in [-0.4, -0.2) is 16.7 Å². The molecule has 5 heteroatoms. The number of benzene rings is 1. The van der Waals surface area contributed by atoms with E-state index in [2.05, 4.69) is 10.5 Å². The van der Waals surface area contributed by atoms with Gasteiger partial charge in [0.15, 0.2) is 0 Å². The second-order valence-electron chi connectivity index (χ2n) is 5.45. The summed E-state index contributed by atoms with van der Waals surface area (Å²) in [5, 5.41) is 13.6. The number of hydrogen-bond acceptors (Lipinski definition) is 4. The van der Waals surface area contributed by atoms with Crippen LogP contribution >= 0.6 is 11.3 Å². The van der Waals surface area contributed by atoms with Crippen LogP contribution in [0.1, 0.15) is 45.4 Å². The number of fused-ring (bicyclic) bond motifs is 1. The van der Waals surface area contributed by atoms with Crippen molar-refractivity contribution in [2.45, 2.75) is 32.6 Å². The van der Waals surface area contributed by atoms with Gasteiger partial charge in [0.1, 0.15) is 5.75 Å². The number of thiophene rings is 1. The summed E-state index contributed by atoms with van der Waals surface area (Å²) in [6, 6.07) is 8.81. The van der Waals surface area contributed by atoms with E-state index in [1.54, 1.807) is 36.5 Å². The normalized spacial score (nSPS) is 14.5. The number of phenolic OH excluding ortho intramolecular Hbond substituents is 1. The van der Waals surface area contributed by atoms with Gasteiger partial charge in [-0.15, -0.1) is 11.3 Å². The smallest absolute Gasteiger partial charge is 0.281 e. The first-order chi connectivity index (χ1) is 10.6. The summed E-state index contributed by atoms with van der Waals surface area (Å²) in [5.41, 5.74) is 5.36. The lowest BCUT2D eigenvalue weighted by molar-refractivity contribution is 0.0959. The zero-order chi connectivity index (χ0) is 15.5. The second-order valence-corrected chi connectivity index (χ2v) is 6.59. The molecule has 1 amide bonds. The molecule has 3 rings (SSSR count). The number of phenols is 1. The average molecular weight is 314 g/mol. The summed E-state index contributed by atoms with van der Waals surface area (Å²) >= 11 is 1.57. The van der Waals surface area contributed by atoms with Gasteiger partial charge < -0.3 is 5.11 Å². The fourth-order valence-electron chi connectivity index (χ4n) is 2.59. The molecule has 0 fully saturated rings. The van der Waals surface area contributed by atoms with Crippen LogP contribution in [-0.2, 0) is 12.8 Å². The minimum absolute atomic E-state index is 0.168. The predicted octanol–water partition coefficient (Wildman–Crippen LogP) is 3.49. The van der Waals surface area contributed by atoms with Crippen molar-refractivity contribution in [2.24, 2.45) is 5.10 Å². The molecule has 0 aliphatic heterocycles. The van der Waals surface area contributed by atoms with Gasteiger partial charge in [-0.2, -0.15) is 5.10 Å². The van der Waals surface area contributed by atoms with Gasteiger partial charge in [-0.3, -0.25) is 4.79 Å². The van der Waals surface area contributed by atoms with Crippen molar-refractivity contribution >= 4 is 23.0 Å². The van der Waals surface area contributed by atoms with Gasteiger partial charge in [-0.25, -0.2) is 5.43 Å². The number of aryl methyl sites for hydroxylation is 2. The molecule has 22 heavy (non-hydrogen) atoms. The van der Waals surface area contributed by atoms with E-state index >= 15 is 0 Å². The van der Waals surface area contributed by atoms with Gasteiger partial charge in [-0.05, 0) is 56.4 Å². The van der Waals surface area contributed by atoms with Crippen molar-refractivity contribution in [3.63, 3.8) is 0 Å². The van der Waals surface area contributed by atoms with Crippen LogP contribution in [0.3, 0.4) is 0 Å². The van der Waals surface area contributed by atoms with E-state index in [1.165, 1.54) is 23.3 Å². The topological polar surface area (TPSA) is 61.7 Å². The maximum absolute atomic E-state index is 12.2. The van der Waals surface area contributed by atoms with Gasteiger partial charge >= 0.3 is 0 Å². The minimum Gasteiger partial charge on any atom is -0.508 e. The Kier molecular flexibility index (Phi) is 4.24. The predicted molar refractivity (Wildman–Crippen MR) is 88.7 cm³/mol. The molecule has 0 spiro atoms. The Morgan fingerprint density at radius 2 is 2.09 bits per heavy atom. The number of carbonyl (C=O) groups excluding carboxylic acids is 1. The van der Waals surface area contributed by atoms with E-state index in [9.17, 15) is 9.90 Å². The first-order valence-electron chi connectivity index (χ1n) is 7.39. The number of hydrazone groups is 1. The summed E-state index contributed by atoms with van der Waals surface area (Å²) in [6.45, 7) is 1.80. The Morgan fingerprint density at radius 3 is 2.86 bits per heavy atom. The number of nitrogens with one attached hydrogen (secondary N) is 1. The lowest BCUT2D eigenvalue weighted by atomic mass is 9.99. The molecule has 4 nitrogen and oxygen atoms in total. The van der Waals surface area contributed by atoms with Crippen LogP contribution in [0.2, 0.25) is 0 Å². The van der Waals surface area contributed by atoms with Gasteiger partial charge in [-0.1, -0.05) is 12.1 Å². The molecule has 0 bridgehead atoms. The molecule has 0 radical (unpaired) electrons. The lowest BCUT2D eigenvalue weighted by Gasteiger charge is -2.08. The zero-order valence-electron chi connectivity index (χ0n) is 12.4. The first-order valence-corrected chi connectivity index (χ1v) is 8.21. The molecule has 0 saturated heterocycles. The molecule has 1 aromatic heterocycles. The van der Waals surface area contributed by atoms with Crippen molar-refractivity contribution in [3.05, 3.63) is 51.2 Å². The van der Waals surface area contributed by atoms with E-state index in [0.717, 1.165) is 23.3 Å². The maximum atomic E-state index is 12.2. The van der Waals surface area contributed by atoms with Gasteiger partial charge in [0.2, 0.25) is 0 Å². The average Bonchev–Trinajstić information content (AvgIpc) is 2.96. The van der Waals surface area contributed by atoms with Crippen LogP contribution in [0.4, 0.5) is 0 Å². The van der Waals surface area contributed by atoms with Crippen molar-refractivity contribution in [1.29, 1.82) is 0 Å². The van der Waals surface area contributed by atoms with E-state index in [4.69, 9.17) is 0 Å². The Hall–Kier alpha value is -2.14. The van der Waals surface area contributed by atoms with Crippen molar-refractivity contribution in [1.82, 2.24) is 5.43 Å². The Labute approximate surface area is 133 Å². The molecule has 1 aliphatic carbocycles. The third-order valence-corrected chi connectivity index (χ3v) is 5.05. The molecule has 2 aromatic rings. The second kappa shape index (κ2) is 6.32. The van der Waals surface area contributed by atoms with Gasteiger partial charge in [0, 0.05) is 10.4 Å². The Morgan fingerprint density at radius 1 is 1.27 bits per heavy atom. The monoisotopic (exact) mass is 314 g/mol. The standard InChI is InChI=1S/C17H18N2O2S/c1-11(12-6-4-7-14(20)9-12)18-19-17(21)16-10-13-5-2-3-8-15(13)22-16/h4,6-7,9-10,20H,2-3,5,8H2,1H3,(H,19,21)/b18-11-. The molecule has 1 aromatic carbocycles. The molecule has 114 valence electrons. The summed E-state index contributed by atoms with van der Waals surface area (Å²) in [5.74, 6) is 0.0169. The molecule has 1 heterocycles. The summed E-state index contributed by atoms with van der Waals surface area (Å²) in [7, 11) is 0. The van der Waals surface area contributed by atoms with Gasteiger partial charge in [0.25, 0.3) is 5.91 Å². The quantitative estimate of drug-likeness (QED) is 0.673. The largest absolute Gasteiger partial charge is 0.508 e. The molecular formula is C17H18N2O2S. The minimum atomic E-state index is -0.168. The number of nitrogens with zero attached hydrogens (tertiary/aromatic N) is 1. The van der Waals surface area contributed by atoms with E-state index in [0.29, 0.717) is 5.71 Å². The molecule has 0 saturated carbocycles. The molecular weight excluding hydrogens is 296 g/mol. The fraction of sp³-hybridized carbons (Fsp3) is 0.294. The number of hydrogen-bond donors (Lipinski definition) is 2. The van der Waals surface area contributed by atoms with E-state index in [-0.39, 0.29) is 11.7 Å². The highest BCUT2D eigenvalue weighted by molar-refractivity contribution is 7.14. The third-order valence-electron chi connectivity index (χ3n) is 3.81. The summed E-state index contributed by atoms with van der Waals surface area (Å²) in [6.07, 6.45) is 4.58. The molecule has 0 unspecified atom stereocenters. The van der Waals surface area contributed by atoms with Crippen molar-refractivity contribution in [2.75, 3.05) is 0 Å². The summed E-state index contributed by atoms with van der Waals surface area (Å²) in [4.78, 5) is 14.3. The lowest BCUT2D eigenvalue weighted by Crippen LogP contribution is -2.18. The van der Waals surface area contributed by atoms with E-state index < -0.39 is 0 Å².